The van der Waals surface area contributed by atoms with Gasteiger partial charge in [-0.1, -0.05) is 12.1 Å². The number of hydrogen-bond donors (Lipinski definition) is 0. The Bertz CT molecular complexity index is 784. The molecule has 0 radical (unpaired) electrons. The average molecular weight is 326 g/mol. The Labute approximate surface area is 139 Å². The zero-order valence-corrected chi connectivity index (χ0v) is 13.5. The van der Waals surface area contributed by atoms with Gasteiger partial charge in [-0.15, -0.1) is 0 Å². The first-order chi connectivity index (χ1) is 11.7. The van der Waals surface area contributed by atoms with Gasteiger partial charge in [-0.3, -0.25) is 14.5 Å². The van der Waals surface area contributed by atoms with Crippen LogP contribution in [-0.2, 0) is 11.3 Å². The Morgan fingerprint density at radius 1 is 1.33 bits per heavy atom. The minimum absolute atomic E-state index is 0.0511. The Hall–Kier alpha value is -3.03. The van der Waals surface area contributed by atoms with E-state index in [0.29, 0.717) is 18.1 Å². The van der Waals surface area contributed by atoms with Crippen LogP contribution in [0, 0.1) is 0 Å². The van der Waals surface area contributed by atoms with E-state index in [1.54, 1.807) is 59.6 Å². The van der Waals surface area contributed by atoms with Crippen molar-refractivity contribution >= 4 is 5.91 Å². The third-order valence-corrected chi connectivity index (χ3v) is 3.67. The van der Waals surface area contributed by atoms with Gasteiger partial charge in [0.1, 0.15) is 6.04 Å². The van der Waals surface area contributed by atoms with Gasteiger partial charge in [0.2, 0.25) is 17.6 Å². The molecule has 0 N–H and O–H groups in total. The van der Waals surface area contributed by atoms with Crippen LogP contribution < -0.4 is 0 Å². The van der Waals surface area contributed by atoms with E-state index in [-0.39, 0.29) is 18.5 Å². The Balaban J connectivity index is 1.69. The largest absolute Gasteiger partial charge is 0.337 e. The summed E-state index contributed by atoms with van der Waals surface area (Å²) in [5, 5.41) is 8.10. The molecule has 3 rings (SSSR count). The van der Waals surface area contributed by atoms with Gasteiger partial charge in [-0.25, -0.2) is 0 Å². The predicted octanol–water partition coefficient (Wildman–Crippen LogP) is 1.94. The van der Waals surface area contributed by atoms with Gasteiger partial charge in [0.25, 0.3) is 0 Å². The van der Waals surface area contributed by atoms with Gasteiger partial charge in [-0.2, -0.15) is 10.1 Å². The van der Waals surface area contributed by atoms with E-state index < -0.39 is 0 Å². The first kappa shape index (κ1) is 15.9. The van der Waals surface area contributed by atoms with Crippen LogP contribution in [0.1, 0.15) is 25.3 Å². The van der Waals surface area contributed by atoms with Gasteiger partial charge in [-0.05, 0) is 24.6 Å². The molecule has 3 aromatic rings. The van der Waals surface area contributed by atoms with Crippen LogP contribution in [0.25, 0.3) is 11.4 Å². The fraction of sp³-hybridized carbons (Fsp3) is 0.312. The summed E-state index contributed by atoms with van der Waals surface area (Å²) in [6.07, 6.45) is 7.42. The van der Waals surface area contributed by atoms with Crippen LogP contribution in [0.2, 0.25) is 0 Å². The highest BCUT2D eigenvalue weighted by molar-refractivity contribution is 5.79. The molecule has 1 unspecified atom stereocenters. The van der Waals surface area contributed by atoms with E-state index in [4.69, 9.17) is 4.52 Å². The molecular weight excluding hydrogens is 308 g/mol. The number of nitrogens with zero attached hydrogens (tertiary/aromatic N) is 6. The van der Waals surface area contributed by atoms with Crippen molar-refractivity contribution in [3.05, 3.63) is 48.9 Å². The second kappa shape index (κ2) is 7.03. The number of likely N-dealkylation sites (N-methyl/N-ethyl adjacent to an activating group) is 1. The third-order valence-electron chi connectivity index (χ3n) is 3.67. The molecule has 124 valence electrons. The molecule has 0 saturated heterocycles. The molecule has 0 spiro atoms. The number of amides is 1. The van der Waals surface area contributed by atoms with Gasteiger partial charge in [0.15, 0.2) is 0 Å². The standard InChI is InChI=1S/C16H18N6O2/c1-3-13(22-10-4-7-18-22)16(23)21(2)11-14-19-15(20-24-14)12-5-8-17-9-6-12/h4-10,13H,3,11H2,1-2H3. The van der Waals surface area contributed by atoms with E-state index in [9.17, 15) is 4.79 Å². The molecule has 0 aromatic carbocycles. The molecular formula is C16H18N6O2. The monoisotopic (exact) mass is 326 g/mol. The third kappa shape index (κ3) is 3.32. The summed E-state index contributed by atoms with van der Waals surface area (Å²) in [5.41, 5.74) is 0.817. The van der Waals surface area contributed by atoms with Crippen LogP contribution in [0.3, 0.4) is 0 Å². The van der Waals surface area contributed by atoms with E-state index in [1.165, 1.54) is 0 Å². The molecule has 0 saturated carbocycles. The number of carbonyl (C=O) groups is 1. The van der Waals surface area contributed by atoms with Crippen LogP contribution in [-0.4, -0.2) is 42.8 Å². The maximum absolute atomic E-state index is 12.6. The molecule has 24 heavy (non-hydrogen) atoms. The molecule has 0 aliphatic carbocycles. The molecule has 0 fully saturated rings. The predicted molar refractivity (Wildman–Crippen MR) is 85.6 cm³/mol. The molecule has 0 bridgehead atoms. The summed E-state index contributed by atoms with van der Waals surface area (Å²) < 4.78 is 6.91. The molecule has 1 amide bonds. The number of aromatic nitrogens is 5. The van der Waals surface area contributed by atoms with Crippen molar-refractivity contribution in [1.29, 1.82) is 0 Å². The molecule has 0 aliphatic heterocycles. The van der Waals surface area contributed by atoms with Crippen molar-refractivity contribution in [2.24, 2.45) is 0 Å². The fourth-order valence-corrected chi connectivity index (χ4v) is 2.41. The molecule has 3 heterocycles. The summed E-state index contributed by atoms with van der Waals surface area (Å²) in [6, 6.07) is 5.06. The van der Waals surface area contributed by atoms with Crippen molar-refractivity contribution < 1.29 is 9.32 Å². The first-order valence-electron chi connectivity index (χ1n) is 7.66. The fourth-order valence-electron chi connectivity index (χ4n) is 2.41. The van der Waals surface area contributed by atoms with Crippen LogP contribution >= 0.6 is 0 Å². The lowest BCUT2D eigenvalue weighted by atomic mass is 10.2. The molecule has 8 heteroatoms. The molecule has 0 aliphatic rings. The Morgan fingerprint density at radius 3 is 2.79 bits per heavy atom. The normalized spacial score (nSPS) is 12.1. The minimum atomic E-state index is -0.340. The topological polar surface area (TPSA) is 89.9 Å². The van der Waals surface area contributed by atoms with E-state index in [2.05, 4.69) is 20.2 Å². The molecule has 8 nitrogen and oxygen atoms in total. The SMILES string of the molecule is CCC(C(=O)N(C)Cc1nc(-c2ccncc2)no1)n1cccn1. The lowest BCUT2D eigenvalue weighted by molar-refractivity contribution is -0.134. The average Bonchev–Trinajstić information content (AvgIpc) is 3.28. The first-order valence-corrected chi connectivity index (χ1v) is 7.66. The summed E-state index contributed by atoms with van der Waals surface area (Å²) in [5.74, 6) is 0.810. The Kier molecular flexibility index (Phi) is 4.64. The number of pyridine rings is 1. The van der Waals surface area contributed by atoms with Gasteiger partial charge in [0.05, 0.1) is 6.54 Å². The van der Waals surface area contributed by atoms with Crippen LogP contribution in [0.5, 0.6) is 0 Å². The van der Waals surface area contributed by atoms with Gasteiger partial charge in [0, 0.05) is 37.4 Å². The maximum atomic E-state index is 12.6. The number of carbonyl (C=O) groups excluding carboxylic acids is 1. The van der Waals surface area contributed by atoms with E-state index >= 15 is 0 Å². The lowest BCUT2D eigenvalue weighted by Crippen LogP contribution is -2.34. The van der Waals surface area contributed by atoms with Gasteiger partial charge >= 0.3 is 0 Å². The summed E-state index contributed by atoms with van der Waals surface area (Å²) in [4.78, 5) is 22.5. The minimum Gasteiger partial charge on any atom is -0.337 e. The maximum Gasteiger partial charge on any atom is 0.247 e. The molecule has 1 atom stereocenters. The number of hydrogen-bond acceptors (Lipinski definition) is 6. The summed E-state index contributed by atoms with van der Waals surface area (Å²) >= 11 is 0. The quantitative estimate of drug-likeness (QED) is 0.687. The second-order valence-electron chi connectivity index (χ2n) is 5.35. The van der Waals surface area contributed by atoms with Crippen molar-refractivity contribution in [3.63, 3.8) is 0 Å². The molecule has 3 aromatic heterocycles. The van der Waals surface area contributed by atoms with Crippen LogP contribution in [0.15, 0.2) is 47.5 Å². The van der Waals surface area contributed by atoms with Crippen molar-refractivity contribution in [2.45, 2.75) is 25.9 Å². The number of rotatable bonds is 6. The highest BCUT2D eigenvalue weighted by Gasteiger charge is 2.24. The van der Waals surface area contributed by atoms with Crippen LogP contribution in [0.4, 0.5) is 0 Å². The highest BCUT2D eigenvalue weighted by atomic mass is 16.5. The van der Waals surface area contributed by atoms with E-state index in [1.807, 2.05) is 6.92 Å². The van der Waals surface area contributed by atoms with Crippen molar-refractivity contribution in [1.82, 2.24) is 29.8 Å². The van der Waals surface area contributed by atoms with Crippen molar-refractivity contribution in [3.8, 4) is 11.4 Å². The smallest absolute Gasteiger partial charge is 0.247 e. The summed E-state index contributed by atoms with van der Waals surface area (Å²) in [6.45, 7) is 2.20. The zero-order chi connectivity index (χ0) is 16.9. The second-order valence-corrected chi connectivity index (χ2v) is 5.35. The summed E-state index contributed by atoms with van der Waals surface area (Å²) in [7, 11) is 1.71. The highest BCUT2D eigenvalue weighted by Crippen LogP contribution is 2.17. The zero-order valence-electron chi connectivity index (χ0n) is 13.5. The van der Waals surface area contributed by atoms with Gasteiger partial charge < -0.3 is 9.42 Å². The lowest BCUT2D eigenvalue weighted by Gasteiger charge is -2.21. The van der Waals surface area contributed by atoms with E-state index in [0.717, 1.165) is 5.56 Å². The van der Waals surface area contributed by atoms with Crippen molar-refractivity contribution in [2.75, 3.05) is 7.05 Å². The Morgan fingerprint density at radius 2 is 2.12 bits per heavy atom.